The fourth-order valence-corrected chi connectivity index (χ4v) is 21.1. The third kappa shape index (κ3) is 27.5. The van der Waals surface area contributed by atoms with Gasteiger partial charge in [-0.1, -0.05) is 172 Å². The Balaban J connectivity index is 0.000000223. The van der Waals surface area contributed by atoms with Gasteiger partial charge in [0.25, 0.3) is 0 Å². The van der Waals surface area contributed by atoms with Gasteiger partial charge in [-0.2, -0.15) is 0 Å². The van der Waals surface area contributed by atoms with E-state index in [9.17, 15) is 34.2 Å². The van der Waals surface area contributed by atoms with Gasteiger partial charge in [0.05, 0.1) is 34.1 Å². The molecule has 9 nitrogen and oxygen atoms in total. The normalized spacial score (nSPS) is 35.6. The number of carbonyl (C=O) groups is 5. The first kappa shape index (κ1) is 98.4. The largest absolute Gasteiger partial charge is 0.393 e. The number of hydrogen-bond donors (Lipinski definition) is 2. The van der Waals surface area contributed by atoms with Crippen molar-refractivity contribution >= 4 is 28.9 Å². The van der Waals surface area contributed by atoms with Crippen LogP contribution in [0.15, 0.2) is 107 Å². The summed E-state index contributed by atoms with van der Waals surface area (Å²) in [5, 5.41) is 19.4. The Labute approximate surface area is 687 Å². The van der Waals surface area contributed by atoms with Gasteiger partial charge in [-0.15, -0.1) is 0 Å². The van der Waals surface area contributed by atoms with Crippen LogP contribution in [-0.2, 0) is 33.4 Å². The van der Waals surface area contributed by atoms with Crippen LogP contribution in [0.5, 0.6) is 0 Å². The van der Waals surface area contributed by atoms with Gasteiger partial charge in [0.1, 0.15) is 11.6 Å². The summed E-state index contributed by atoms with van der Waals surface area (Å²) < 4.78 is 12.1. The number of fused-ring (bicyclic) bond motifs is 9. The number of allylic oxidation sites excluding steroid dienone is 15. The molecule has 11 fully saturated rings. The number of hydrogen-bond acceptors (Lipinski definition) is 9. The molecule has 0 aromatic carbocycles. The van der Waals surface area contributed by atoms with Crippen LogP contribution in [0, 0.1) is 105 Å². The molecule has 0 aromatic rings. The predicted octanol–water partition coefficient (Wildman–Crippen LogP) is 26.9. The lowest BCUT2D eigenvalue weighted by molar-refractivity contribution is -0.230. The lowest BCUT2D eigenvalue weighted by Gasteiger charge is -2.54. The van der Waals surface area contributed by atoms with Crippen molar-refractivity contribution in [1.82, 2.24) is 0 Å². The van der Waals surface area contributed by atoms with E-state index in [0.29, 0.717) is 88.5 Å². The Morgan fingerprint density at radius 3 is 1.31 bits per heavy atom. The van der Waals surface area contributed by atoms with Gasteiger partial charge in [-0.3, -0.25) is 24.0 Å². The third-order valence-electron chi connectivity index (χ3n) is 31.1. The number of aliphatic hydroxyl groups is 2. The number of rotatable bonds is 8. The molecule has 12 aliphatic carbocycles. The van der Waals surface area contributed by atoms with Crippen molar-refractivity contribution < 1.29 is 43.7 Å². The van der Waals surface area contributed by atoms with E-state index in [1.807, 2.05) is 53.7 Å². The highest BCUT2D eigenvalue weighted by atomic mass is 16.5. The third-order valence-corrected chi connectivity index (χ3v) is 31.1. The van der Waals surface area contributed by atoms with Crippen LogP contribution in [0.3, 0.4) is 0 Å². The van der Waals surface area contributed by atoms with Crippen LogP contribution >= 0.6 is 0 Å². The van der Waals surface area contributed by atoms with Gasteiger partial charge in [0, 0.05) is 42.9 Å². The number of ether oxygens (including phenoxy) is 2. The van der Waals surface area contributed by atoms with Crippen molar-refractivity contribution in [1.29, 1.82) is 0 Å². The summed E-state index contributed by atoms with van der Waals surface area (Å²) >= 11 is 0. The molecule has 13 atom stereocenters. The van der Waals surface area contributed by atoms with E-state index in [0.717, 1.165) is 110 Å². The molecule has 0 radical (unpaired) electrons. The first-order valence-corrected chi connectivity index (χ1v) is 45.0. The van der Waals surface area contributed by atoms with Gasteiger partial charge < -0.3 is 19.7 Å². The molecule has 112 heavy (non-hydrogen) atoms. The number of Topliss-reactive ketones (excluding diaryl/α,β-unsaturated/α-hetero) is 4. The van der Waals surface area contributed by atoms with Crippen molar-refractivity contribution in [2.24, 2.45) is 105 Å². The second-order valence-electron chi connectivity index (χ2n) is 42.9. The van der Waals surface area contributed by atoms with Gasteiger partial charge in [0.15, 0.2) is 17.3 Å². The summed E-state index contributed by atoms with van der Waals surface area (Å²) in [6, 6.07) is 0. The van der Waals surface area contributed by atoms with E-state index in [4.69, 9.17) is 9.47 Å². The molecule has 16 rings (SSSR count). The minimum absolute atomic E-state index is 0.0255. The molecule has 4 heterocycles. The zero-order chi connectivity index (χ0) is 84.8. The maximum atomic E-state index is 11.6. The molecule has 4 aliphatic heterocycles. The van der Waals surface area contributed by atoms with E-state index in [2.05, 4.69) is 189 Å². The molecule has 2 N–H and O–H groups in total. The molecule has 9 heteroatoms. The van der Waals surface area contributed by atoms with Crippen LogP contribution in [0.25, 0.3) is 0 Å². The highest BCUT2D eigenvalue weighted by Crippen LogP contribution is 2.68. The van der Waals surface area contributed by atoms with E-state index in [1.165, 1.54) is 126 Å². The van der Waals surface area contributed by atoms with Gasteiger partial charge in [-0.05, 0) is 370 Å². The standard InChI is InChI=1S/C13H20O.2C10H18O.2C10H16O.C10H18O.2C10H14O.C10H20O.C10H16/c1-10-6-5-9-13(3,4)12(10)8-7-11(2)14;2*1-9(2)8-4-6-10(3,11-9)7-5-8;1-6(2)10-4-8(10)7(3)9(11)5-10;1-9(2)7-4-5-10(9,3)8(11)6-7;1-8-4-6-9(7-5-8)10(2,3)11;2*1-7(2)9-5-4-8(3)10(11)6-9;1-7(2)9-5-4-8(3)6-10(9)11;1-8(2)10-6-4-9(3)5-7-10/h6-8,12H,5,9H2,1-4H3;2*8H,4-7H2,1-3H3;6-8H,4-5H2,1-3H3;7H,4-6H2,1-3H3;4,9,11H,5-7H2,1-3H3;2*4,9H,1,5-6H2,2-3H3;7-11H,4-6H2,1-3H3;4,10H,1,5-7H2,2-3H3/b8-7+;;;;;;;;;/t;;;7-,8+,10-;;;2*9-;8-,9?,10-;/m...0..101./s1. The summed E-state index contributed by atoms with van der Waals surface area (Å²) in [7, 11) is 0. The van der Waals surface area contributed by atoms with Crippen molar-refractivity contribution in [3.05, 3.63) is 107 Å². The molecule has 6 unspecified atom stereocenters. The van der Waals surface area contributed by atoms with Crippen molar-refractivity contribution in [2.75, 3.05) is 0 Å². The van der Waals surface area contributed by atoms with E-state index in [1.54, 1.807) is 18.6 Å². The quantitative estimate of drug-likeness (QED) is 0.179. The minimum Gasteiger partial charge on any atom is -0.393 e. The van der Waals surface area contributed by atoms with Crippen LogP contribution in [0.4, 0.5) is 0 Å². The van der Waals surface area contributed by atoms with E-state index >= 15 is 0 Å². The van der Waals surface area contributed by atoms with Gasteiger partial charge >= 0.3 is 0 Å². The molecule has 16 aliphatic rings. The Kier molecular flexibility index (Phi) is 36.0. The minimum atomic E-state index is -0.489. The average Bonchev–Trinajstić information content (AvgIpc) is 1.54. The first-order valence-electron chi connectivity index (χ1n) is 45.0. The number of aliphatic hydroxyl groups excluding tert-OH is 1. The lowest BCUT2D eigenvalue weighted by Crippen LogP contribution is -2.53. The molecule has 4 saturated heterocycles. The molecule has 6 bridgehead atoms. The van der Waals surface area contributed by atoms with E-state index < -0.39 is 5.60 Å². The molecule has 0 aromatic heterocycles. The van der Waals surface area contributed by atoms with Gasteiger partial charge in [0.2, 0.25) is 0 Å². The zero-order valence-electron chi connectivity index (χ0n) is 77.4. The van der Waals surface area contributed by atoms with Crippen molar-refractivity contribution in [3.63, 3.8) is 0 Å². The Hall–Kier alpha value is -4.15. The second-order valence-corrected chi connectivity index (χ2v) is 42.9. The Morgan fingerprint density at radius 2 is 1.03 bits per heavy atom. The number of ketones is 5. The van der Waals surface area contributed by atoms with Crippen LogP contribution < -0.4 is 0 Å². The van der Waals surface area contributed by atoms with Crippen molar-refractivity contribution in [2.45, 2.75) is 408 Å². The van der Waals surface area contributed by atoms with Crippen LogP contribution in [0.2, 0.25) is 0 Å². The van der Waals surface area contributed by atoms with Crippen molar-refractivity contribution in [3.8, 4) is 0 Å². The van der Waals surface area contributed by atoms with E-state index in [-0.39, 0.29) is 56.7 Å². The molecule has 0 spiro atoms. The van der Waals surface area contributed by atoms with Crippen LogP contribution in [0.1, 0.15) is 374 Å². The first-order chi connectivity index (χ1) is 51.6. The molecular formula is C103H170O9. The monoisotopic (exact) mass is 1550 g/mol. The Bertz CT molecular complexity index is 3290. The maximum Gasteiger partial charge on any atom is 0.158 e. The van der Waals surface area contributed by atoms with Gasteiger partial charge in [-0.25, -0.2) is 0 Å². The SMILES string of the molecule is C=C(C)C1CC=C(C)CC1.C=C(C)[C@@H]1CC=C(C)C(=O)C1.C=C(C)[C@H]1CC=C(C)C(=O)C1.CC(=O)/C=C/C1C(C)=CCCC1(C)C.CC(C)C1CC[C@@H](C)C[C@H]1O.CC(C)[C@]12CC(=O)[C@@H](C)[C@H]1C2.CC12CCC(CC1)C(C)(C)O2.CC12CCC(CC1)C(C)(C)O2.CC12CCC(CC1=O)C2(C)C.CC1=CCC(C(C)(C)O)CC1. The predicted molar refractivity (Wildman–Crippen MR) is 473 cm³/mol. The highest BCUT2D eigenvalue weighted by molar-refractivity contribution is 5.96. The molecular weight excluding hydrogens is 1380 g/mol. The zero-order valence-corrected chi connectivity index (χ0v) is 77.4. The summed E-state index contributed by atoms with van der Waals surface area (Å²) in [6.45, 7) is 71.6. The Morgan fingerprint density at radius 1 is 0.571 bits per heavy atom. The molecule has 0 amide bonds. The summed E-state index contributed by atoms with van der Waals surface area (Å²) in [5.41, 5.74) is 11.2. The maximum absolute atomic E-state index is 11.6. The molecule has 7 saturated carbocycles. The topological polar surface area (TPSA) is 144 Å². The smallest absolute Gasteiger partial charge is 0.158 e. The summed E-state index contributed by atoms with van der Waals surface area (Å²) in [4.78, 5) is 56.2. The fraction of sp³-hybridized carbons (Fsp3) is 0.777. The lowest BCUT2D eigenvalue weighted by atomic mass is 9.68. The number of carbonyl (C=O) groups excluding carboxylic acids is 5. The summed E-state index contributed by atoms with van der Waals surface area (Å²) in [5.74, 6) is 10.3. The molecule has 636 valence electrons. The average molecular weight is 1550 g/mol. The summed E-state index contributed by atoms with van der Waals surface area (Å²) in [6.07, 6.45) is 47.2. The fourth-order valence-electron chi connectivity index (χ4n) is 21.1. The second kappa shape index (κ2) is 41.0. The highest BCUT2D eigenvalue weighted by Gasteiger charge is 2.65. The van der Waals surface area contributed by atoms with Crippen LogP contribution in [-0.4, -0.2) is 73.2 Å².